The number of allylic oxidation sites excluding steroid dienone is 1. The van der Waals surface area contributed by atoms with Crippen LogP contribution in [0.15, 0.2) is 24.4 Å². The fourth-order valence-corrected chi connectivity index (χ4v) is 4.43. The molecule has 1 aliphatic heterocycles. The Bertz CT molecular complexity index is 1200. The number of hydrogen-bond acceptors (Lipinski definition) is 7. The lowest BCUT2D eigenvalue weighted by atomic mass is 10.1. The van der Waals surface area contributed by atoms with Crippen molar-refractivity contribution in [2.45, 2.75) is 57.2 Å². The SMILES string of the molecule is CC1CC(NC(=O)Cn2ncc3cnc(N(C)C4CCCC4(F)F)nc32)=Cc2ncnn21. The van der Waals surface area contributed by atoms with Gasteiger partial charge in [-0.1, -0.05) is 0 Å². The second kappa shape index (κ2) is 7.61. The molecule has 5 rings (SSSR count). The highest BCUT2D eigenvalue weighted by Crippen LogP contribution is 2.39. The molecule has 1 saturated carbocycles. The minimum atomic E-state index is -2.78. The van der Waals surface area contributed by atoms with Gasteiger partial charge in [-0.2, -0.15) is 15.2 Å². The molecule has 1 aliphatic carbocycles. The number of nitrogens with one attached hydrogen (secondary N) is 1. The maximum absolute atomic E-state index is 14.2. The van der Waals surface area contributed by atoms with Gasteiger partial charge in [0.05, 0.1) is 23.7 Å². The lowest BCUT2D eigenvalue weighted by molar-refractivity contribution is -0.121. The Labute approximate surface area is 182 Å². The van der Waals surface area contributed by atoms with E-state index in [0.717, 1.165) is 5.70 Å². The van der Waals surface area contributed by atoms with Crippen molar-refractivity contribution in [3.05, 3.63) is 30.2 Å². The first kappa shape index (κ1) is 20.5. The van der Waals surface area contributed by atoms with E-state index >= 15 is 0 Å². The summed E-state index contributed by atoms with van der Waals surface area (Å²) in [6, 6.07) is -0.861. The molecule has 2 aliphatic rings. The average Bonchev–Trinajstić information content (AvgIpc) is 3.46. The summed E-state index contributed by atoms with van der Waals surface area (Å²) in [6.07, 6.45) is 7.71. The number of halogens is 2. The normalized spacial score (nSPS) is 21.9. The summed E-state index contributed by atoms with van der Waals surface area (Å²) in [5, 5.41) is 11.9. The third-order valence-corrected chi connectivity index (χ3v) is 6.05. The first-order valence-corrected chi connectivity index (χ1v) is 10.5. The zero-order valence-corrected chi connectivity index (χ0v) is 17.7. The average molecular weight is 443 g/mol. The first-order valence-electron chi connectivity index (χ1n) is 10.5. The molecule has 1 amide bonds. The smallest absolute Gasteiger partial charge is 0.268 e. The summed E-state index contributed by atoms with van der Waals surface area (Å²) in [5.41, 5.74) is 1.17. The lowest BCUT2D eigenvalue weighted by Crippen LogP contribution is -2.42. The highest BCUT2D eigenvalue weighted by atomic mass is 19.3. The van der Waals surface area contributed by atoms with Crippen LogP contribution in [0.3, 0.4) is 0 Å². The summed E-state index contributed by atoms with van der Waals surface area (Å²) in [5.74, 6) is -2.16. The molecular formula is C20H23F2N9O. The summed E-state index contributed by atoms with van der Waals surface area (Å²) >= 11 is 0. The van der Waals surface area contributed by atoms with Crippen LogP contribution in [0.4, 0.5) is 14.7 Å². The van der Waals surface area contributed by atoms with E-state index in [1.54, 1.807) is 30.2 Å². The van der Waals surface area contributed by atoms with E-state index in [-0.39, 0.29) is 30.9 Å². The van der Waals surface area contributed by atoms with Crippen molar-refractivity contribution in [1.82, 2.24) is 39.8 Å². The van der Waals surface area contributed by atoms with Gasteiger partial charge in [0.25, 0.3) is 5.92 Å². The van der Waals surface area contributed by atoms with E-state index in [1.165, 1.54) is 15.9 Å². The Morgan fingerprint density at radius 3 is 2.94 bits per heavy atom. The molecule has 0 bridgehead atoms. The lowest BCUT2D eigenvalue weighted by Gasteiger charge is -2.29. The van der Waals surface area contributed by atoms with E-state index in [2.05, 4.69) is 30.5 Å². The molecule has 0 aromatic carbocycles. The molecule has 1 N–H and O–H groups in total. The maximum atomic E-state index is 14.2. The van der Waals surface area contributed by atoms with Crippen LogP contribution in [0.1, 0.15) is 44.5 Å². The van der Waals surface area contributed by atoms with Crippen LogP contribution in [0.5, 0.6) is 0 Å². The number of carbonyl (C=O) groups is 1. The Hall–Kier alpha value is -3.44. The summed E-state index contributed by atoms with van der Waals surface area (Å²) < 4.78 is 31.6. The largest absolute Gasteiger partial charge is 0.335 e. The molecule has 0 saturated heterocycles. The monoisotopic (exact) mass is 443 g/mol. The standard InChI is InChI=1S/C20H23F2N9O/c1-12-6-14(7-16-24-11-26-31(12)16)27-17(32)10-30-18-13(9-25-30)8-23-19(28-18)29(2)15-4-3-5-20(15,21)22/h7-9,11-12,15H,3-6,10H2,1-2H3,(H,27,32). The van der Waals surface area contributed by atoms with Crippen LogP contribution in [0.25, 0.3) is 17.1 Å². The van der Waals surface area contributed by atoms with Crippen molar-refractivity contribution in [3.63, 3.8) is 0 Å². The van der Waals surface area contributed by atoms with Gasteiger partial charge in [-0.15, -0.1) is 0 Å². The Morgan fingerprint density at radius 2 is 2.16 bits per heavy atom. The summed E-state index contributed by atoms with van der Waals surface area (Å²) in [4.78, 5) is 27.0. The van der Waals surface area contributed by atoms with Crippen LogP contribution in [-0.4, -0.2) is 59.4 Å². The third kappa shape index (κ3) is 3.59. The van der Waals surface area contributed by atoms with E-state index in [9.17, 15) is 13.6 Å². The van der Waals surface area contributed by atoms with Crippen molar-refractivity contribution in [1.29, 1.82) is 0 Å². The van der Waals surface area contributed by atoms with Crippen molar-refractivity contribution >= 4 is 29.0 Å². The van der Waals surface area contributed by atoms with Gasteiger partial charge in [-0.25, -0.2) is 28.1 Å². The van der Waals surface area contributed by atoms with Gasteiger partial charge in [-0.05, 0) is 19.8 Å². The molecule has 3 aromatic heterocycles. The van der Waals surface area contributed by atoms with Crippen molar-refractivity contribution < 1.29 is 13.6 Å². The number of nitrogens with zero attached hydrogens (tertiary/aromatic N) is 8. The minimum absolute atomic E-state index is 0.0678. The van der Waals surface area contributed by atoms with Gasteiger partial charge < -0.3 is 10.2 Å². The second-order valence-electron chi connectivity index (χ2n) is 8.36. The molecule has 3 aromatic rings. The van der Waals surface area contributed by atoms with Gasteiger partial charge in [0.2, 0.25) is 11.9 Å². The fraction of sp³-hybridized carbons (Fsp3) is 0.500. The van der Waals surface area contributed by atoms with E-state index in [0.29, 0.717) is 36.1 Å². The number of amides is 1. The van der Waals surface area contributed by atoms with Crippen molar-refractivity contribution in [3.8, 4) is 0 Å². The fourth-order valence-electron chi connectivity index (χ4n) is 4.43. The van der Waals surface area contributed by atoms with E-state index in [4.69, 9.17) is 0 Å². The van der Waals surface area contributed by atoms with Crippen molar-refractivity contribution in [2.75, 3.05) is 11.9 Å². The third-order valence-electron chi connectivity index (χ3n) is 6.05. The molecule has 12 heteroatoms. The number of alkyl halides is 2. The molecule has 168 valence electrons. The predicted molar refractivity (Wildman–Crippen MR) is 112 cm³/mol. The molecule has 0 radical (unpaired) electrons. The number of anilines is 1. The van der Waals surface area contributed by atoms with Crippen LogP contribution in [0, 0.1) is 0 Å². The molecule has 10 nitrogen and oxygen atoms in total. The molecule has 2 atom stereocenters. The Balaban J connectivity index is 1.34. The number of aromatic nitrogens is 7. The number of hydrogen-bond donors (Lipinski definition) is 1. The predicted octanol–water partition coefficient (Wildman–Crippen LogP) is 2.16. The van der Waals surface area contributed by atoms with Gasteiger partial charge in [-0.3, -0.25) is 4.79 Å². The van der Waals surface area contributed by atoms with Gasteiger partial charge >= 0.3 is 0 Å². The molecule has 32 heavy (non-hydrogen) atoms. The molecule has 4 heterocycles. The van der Waals surface area contributed by atoms with Crippen LogP contribution >= 0.6 is 0 Å². The van der Waals surface area contributed by atoms with Crippen LogP contribution in [-0.2, 0) is 11.3 Å². The maximum Gasteiger partial charge on any atom is 0.268 e. The highest BCUT2D eigenvalue weighted by molar-refractivity contribution is 5.81. The number of fused-ring (bicyclic) bond motifs is 2. The summed E-state index contributed by atoms with van der Waals surface area (Å²) in [7, 11) is 1.58. The van der Waals surface area contributed by atoms with Gasteiger partial charge in [0.1, 0.15) is 12.9 Å². The Kier molecular flexibility index (Phi) is 4.86. The minimum Gasteiger partial charge on any atom is -0.335 e. The molecular weight excluding hydrogens is 420 g/mol. The van der Waals surface area contributed by atoms with Crippen molar-refractivity contribution in [2.24, 2.45) is 0 Å². The van der Waals surface area contributed by atoms with E-state index in [1.807, 2.05) is 6.92 Å². The highest BCUT2D eigenvalue weighted by Gasteiger charge is 2.46. The number of rotatable bonds is 5. The number of carbonyl (C=O) groups excluding carboxylic acids is 1. The molecule has 1 fully saturated rings. The van der Waals surface area contributed by atoms with Gasteiger partial charge in [0.15, 0.2) is 11.5 Å². The topological polar surface area (TPSA) is 107 Å². The van der Waals surface area contributed by atoms with Crippen LogP contribution in [0.2, 0.25) is 0 Å². The van der Waals surface area contributed by atoms with Gasteiger partial charge in [0, 0.05) is 37.9 Å². The zero-order chi connectivity index (χ0) is 22.5. The molecule has 2 unspecified atom stereocenters. The molecule has 0 spiro atoms. The summed E-state index contributed by atoms with van der Waals surface area (Å²) in [6.45, 7) is 1.93. The zero-order valence-electron chi connectivity index (χ0n) is 17.7. The quantitative estimate of drug-likeness (QED) is 0.644. The first-order chi connectivity index (χ1) is 15.3. The second-order valence-corrected chi connectivity index (χ2v) is 8.36. The van der Waals surface area contributed by atoms with Crippen LogP contribution < -0.4 is 10.2 Å². The van der Waals surface area contributed by atoms with E-state index < -0.39 is 12.0 Å². The Morgan fingerprint density at radius 1 is 1.31 bits per heavy atom.